The predicted octanol–water partition coefficient (Wildman–Crippen LogP) is 3.38. The molecular weight excluding hydrogens is 222 g/mol. The fraction of sp³-hybridized carbons (Fsp3) is 0.625. The molecule has 0 saturated carbocycles. The molecule has 0 aliphatic heterocycles. The average molecular weight is 247 g/mol. The van der Waals surface area contributed by atoms with Gasteiger partial charge in [0.25, 0.3) is 0 Å². The van der Waals surface area contributed by atoms with Crippen LogP contribution in [0.2, 0.25) is 0 Å². The summed E-state index contributed by atoms with van der Waals surface area (Å²) in [6.45, 7) is 4.84. The minimum absolute atomic E-state index is 0.296. The number of aliphatic hydroxyl groups is 1. The summed E-state index contributed by atoms with van der Waals surface area (Å²) in [5.41, 5.74) is 2.99. The topological polar surface area (TPSA) is 32.3 Å². The van der Waals surface area contributed by atoms with Crippen LogP contribution in [0.3, 0.4) is 0 Å². The first kappa shape index (κ1) is 13.6. The zero-order valence-electron chi connectivity index (χ0n) is 11.5. The Bertz CT molecular complexity index is 377. The Hall–Kier alpha value is -0.860. The molecule has 0 saturated heterocycles. The fourth-order valence-electron chi connectivity index (χ4n) is 3.00. The van der Waals surface area contributed by atoms with Gasteiger partial charge in [0.05, 0.1) is 0 Å². The number of nitrogens with one attached hydrogen (secondary N) is 1. The molecule has 0 aromatic heterocycles. The molecule has 2 N–H and O–H groups in total. The number of aliphatic hydroxyl groups excluding tert-OH is 1. The van der Waals surface area contributed by atoms with Gasteiger partial charge in [0.1, 0.15) is 0 Å². The van der Waals surface area contributed by atoms with Gasteiger partial charge in [-0.25, -0.2) is 0 Å². The van der Waals surface area contributed by atoms with E-state index in [0.29, 0.717) is 24.6 Å². The lowest BCUT2D eigenvalue weighted by molar-refractivity contribution is 0.271. The van der Waals surface area contributed by atoms with Gasteiger partial charge in [0.2, 0.25) is 0 Å². The van der Waals surface area contributed by atoms with Crippen molar-refractivity contribution >= 4 is 0 Å². The predicted molar refractivity (Wildman–Crippen MR) is 75.7 cm³/mol. The van der Waals surface area contributed by atoms with Crippen molar-refractivity contribution < 1.29 is 5.11 Å². The summed E-state index contributed by atoms with van der Waals surface area (Å²) in [5.74, 6) is 0.687. The van der Waals surface area contributed by atoms with Gasteiger partial charge in [-0.1, -0.05) is 31.2 Å². The SMILES string of the molecule is CC(CCCO)NC1CCC(C)c2ccccc21. The third kappa shape index (κ3) is 3.12. The second kappa shape index (κ2) is 6.35. The van der Waals surface area contributed by atoms with Gasteiger partial charge in [-0.3, -0.25) is 0 Å². The lowest BCUT2D eigenvalue weighted by Crippen LogP contribution is -2.33. The summed E-state index contributed by atoms with van der Waals surface area (Å²) in [6.07, 6.45) is 4.42. The van der Waals surface area contributed by atoms with E-state index in [9.17, 15) is 0 Å². The van der Waals surface area contributed by atoms with Crippen LogP contribution in [0.1, 0.15) is 62.6 Å². The highest BCUT2D eigenvalue weighted by molar-refractivity contribution is 5.34. The molecule has 2 rings (SSSR count). The highest BCUT2D eigenvalue weighted by Gasteiger charge is 2.24. The van der Waals surface area contributed by atoms with Gasteiger partial charge in [-0.2, -0.15) is 0 Å². The van der Waals surface area contributed by atoms with E-state index in [-0.39, 0.29) is 0 Å². The maximum absolute atomic E-state index is 8.89. The Kier molecular flexibility index (Phi) is 4.79. The Labute approximate surface area is 110 Å². The van der Waals surface area contributed by atoms with Crippen LogP contribution < -0.4 is 5.32 Å². The quantitative estimate of drug-likeness (QED) is 0.836. The van der Waals surface area contributed by atoms with E-state index in [1.54, 1.807) is 0 Å². The molecule has 0 bridgehead atoms. The molecule has 0 radical (unpaired) electrons. The number of rotatable bonds is 5. The minimum atomic E-state index is 0.296. The van der Waals surface area contributed by atoms with E-state index < -0.39 is 0 Å². The zero-order valence-corrected chi connectivity index (χ0v) is 11.5. The normalized spacial score (nSPS) is 24.6. The number of hydrogen-bond acceptors (Lipinski definition) is 2. The van der Waals surface area contributed by atoms with Crippen LogP contribution >= 0.6 is 0 Å². The Morgan fingerprint density at radius 1 is 1.28 bits per heavy atom. The summed E-state index contributed by atoms with van der Waals surface area (Å²) < 4.78 is 0. The molecule has 18 heavy (non-hydrogen) atoms. The van der Waals surface area contributed by atoms with Gasteiger partial charge in [0.15, 0.2) is 0 Å². The Morgan fingerprint density at radius 2 is 2.00 bits per heavy atom. The molecule has 3 unspecified atom stereocenters. The molecule has 1 aromatic rings. The van der Waals surface area contributed by atoms with Crippen LogP contribution in [0.15, 0.2) is 24.3 Å². The lowest BCUT2D eigenvalue weighted by Gasteiger charge is -2.32. The summed E-state index contributed by atoms with van der Waals surface area (Å²) in [6, 6.07) is 9.79. The van der Waals surface area contributed by atoms with E-state index in [1.807, 2.05) is 0 Å². The van der Waals surface area contributed by atoms with Crippen LogP contribution in [-0.4, -0.2) is 17.8 Å². The fourth-order valence-corrected chi connectivity index (χ4v) is 3.00. The molecule has 0 fully saturated rings. The molecule has 100 valence electrons. The maximum Gasteiger partial charge on any atom is 0.0431 e. The molecule has 0 amide bonds. The van der Waals surface area contributed by atoms with Crippen molar-refractivity contribution in [1.82, 2.24) is 5.32 Å². The van der Waals surface area contributed by atoms with Gasteiger partial charge < -0.3 is 10.4 Å². The number of fused-ring (bicyclic) bond motifs is 1. The van der Waals surface area contributed by atoms with Crippen molar-refractivity contribution in [3.8, 4) is 0 Å². The molecule has 3 atom stereocenters. The Balaban J connectivity index is 2.04. The van der Waals surface area contributed by atoms with Gasteiger partial charge in [-0.15, -0.1) is 0 Å². The van der Waals surface area contributed by atoms with E-state index in [4.69, 9.17) is 5.11 Å². The van der Waals surface area contributed by atoms with Gasteiger partial charge >= 0.3 is 0 Å². The van der Waals surface area contributed by atoms with E-state index in [1.165, 1.54) is 24.0 Å². The molecule has 1 aromatic carbocycles. The molecule has 0 spiro atoms. The maximum atomic E-state index is 8.89. The summed E-state index contributed by atoms with van der Waals surface area (Å²) in [4.78, 5) is 0. The van der Waals surface area contributed by atoms with Crippen LogP contribution in [-0.2, 0) is 0 Å². The first-order valence-electron chi connectivity index (χ1n) is 7.18. The molecule has 1 aliphatic rings. The zero-order chi connectivity index (χ0) is 13.0. The van der Waals surface area contributed by atoms with Crippen LogP contribution in [0.4, 0.5) is 0 Å². The molecule has 0 heterocycles. The van der Waals surface area contributed by atoms with E-state index in [2.05, 4.69) is 43.4 Å². The van der Waals surface area contributed by atoms with Crippen molar-refractivity contribution in [2.45, 2.75) is 57.5 Å². The highest BCUT2D eigenvalue weighted by atomic mass is 16.2. The first-order valence-corrected chi connectivity index (χ1v) is 7.18. The number of benzene rings is 1. The van der Waals surface area contributed by atoms with Crippen LogP contribution in [0.5, 0.6) is 0 Å². The standard InChI is InChI=1S/C16H25NO/c1-12-9-10-16(17-13(2)6-5-11-18)15-8-4-3-7-14(12)15/h3-4,7-8,12-13,16-18H,5-6,9-11H2,1-2H3. The summed E-state index contributed by atoms with van der Waals surface area (Å²) >= 11 is 0. The van der Waals surface area contributed by atoms with Crippen molar-refractivity contribution in [1.29, 1.82) is 0 Å². The summed E-state index contributed by atoms with van der Waals surface area (Å²) in [7, 11) is 0. The van der Waals surface area contributed by atoms with E-state index in [0.717, 1.165) is 12.8 Å². The first-order chi connectivity index (χ1) is 8.72. The monoisotopic (exact) mass is 247 g/mol. The third-order valence-corrected chi connectivity index (χ3v) is 4.07. The van der Waals surface area contributed by atoms with Crippen molar-refractivity contribution in [3.05, 3.63) is 35.4 Å². The molecular formula is C16H25NO. The number of hydrogen-bond donors (Lipinski definition) is 2. The van der Waals surface area contributed by atoms with Crippen molar-refractivity contribution in [2.24, 2.45) is 0 Å². The van der Waals surface area contributed by atoms with Crippen LogP contribution in [0, 0.1) is 0 Å². The third-order valence-electron chi connectivity index (χ3n) is 4.07. The van der Waals surface area contributed by atoms with Gasteiger partial charge in [-0.05, 0) is 49.7 Å². The largest absolute Gasteiger partial charge is 0.396 e. The smallest absolute Gasteiger partial charge is 0.0431 e. The summed E-state index contributed by atoms with van der Waals surface area (Å²) in [5, 5.41) is 12.6. The van der Waals surface area contributed by atoms with E-state index >= 15 is 0 Å². The second-order valence-electron chi connectivity index (χ2n) is 5.59. The molecule has 2 nitrogen and oxygen atoms in total. The van der Waals surface area contributed by atoms with Crippen molar-refractivity contribution in [3.63, 3.8) is 0 Å². The van der Waals surface area contributed by atoms with Crippen LogP contribution in [0.25, 0.3) is 0 Å². The Morgan fingerprint density at radius 3 is 2.72 bits per heavy atom. The minimum Gasteiger partial charge on any atom is -0.396 e. The highest BCUT2D eigenvalue weighted by Crippen LogP contribution is 2.37. The lowest BCUT2D eigenvalue weighted by atomic mass is 9.81. The molecule has 2 heteroatoms. The average Bonchev–Trinajstić information content (AvgIpc) is 2.40. The second-order valence-corrected chi connectivity index (χ2v) is 5.59. The molecule has 1 aliphatic carbocycles. The van der Waals surface area contributed by atoms with Crippen molar-refractivity contribution in [2.75, 3.05) is 6.61 Å². The van der Waals surface area contributed by atoms with Gasteiger partial charge in [0, 0.05) is 18.7 Å².